The molecule has 2 atom stereocenters. The summed E-state index contributed by atoms with van der Waals surface area (Å²) in [4.78, 5) is 30.4. The van der Waals surface area contributed by atoms with Gasteiger partial charge in [-0.15, -0.1) is 0 Å². The van der Waals surface area contributed by atoms with E-state index in [1.807, 2.05) is 49.4 Å². The maximum Gasteiger partial charge on any atom is 0.414 e. The number of anilines is 1. The van der Waals surface area contributed by atoms with Gasteiger partial charge in [0.1, 0.15) is 6.10 Å². The molecule has 3 aromatic carbocycles. The van der Waals surface area contributed by atoms with Gasteiger partial charge < -0.3 is 4.74 Å². The van der Waals surface area contributed by atoms with Crippen LogP contribution < -0.4 is 4.90 Å². The average Bonchev–Trinajstić information content (AvgIpc) is 3.11. The maximum absolute atomic E-state index is 13.2. The lowest BCUT2D eigenvalue weighted by molar-refractivity contribution is 0.000487. The first kappa shape index (κ1) is 23.3. The van der Waals surface area contributed by atoms with Crippen molar-refractivity contribution in [1.82, 2.24) is 4.90 Å². The number of likely N-dealkylation sites (tertiary alicyclic amines) is 1. The number of benzene rings is 3. The largest absolute Gasteiger partial charge is 0.445 e. The molecule has 2 aliphatic rings. The highest BCUT2D eigenvalue weighted by molar-refractivity contribution is 6.13. The van der Waals surface area contributed by atoms with E-state index in [2.05, 4.69) is 29.2 Å². The molecule has 5 nitrogen and oxygen atoms in total. The van der Waals surface area contributed by atoms with Gasteiger partial charge in [-0.25, -0.2) is 4.79 Å². The molecule has 0 radical (unpaired) electrons. The third kappa shape index (κ3) is 5.01. The number of ketones is 1. The monoisotopic (exact) mass is 468 g/mol. The van der Waals surface area contributed by atoms with Crippen molar-refractivity contribution in [3.8, 4) is 0 Å². The molecule has 0 spiro atoms. The van der Waals surface area contributed by atoms with Gasteiger partial charge in [0.15, 0.2) is 5.78 Å². The standard InChI is InChI=1S/C30H32N2O3/c1-21-12-14-23(15-13-21)28(33)26-10-6-7-11-27(26)31(2)30(34)35-29-24-16-17-25(29)20-32(19-24)18-22-8-4-3-5-9-22/h3-15,24-25,29H,16-20H2,1-2H3. The molecule has 1 saturated carbocycles. The first-order valence-electron chi connectivity index (χ1n) is 12.4. The Morgan fingerprint density at radius 3 is 2.20 bits per heavy atom. The molecule has 2 unspecified atom stereocenters. The molecule has 3 aromatic rings. The summed E-state index contributed by atoms with van der Waals surface area (Å²) in [7, 11) is 1.69. The molecule has 5 heteroatoms. The molecular weight excluding hydrogens is 436 g/mol. The molecule has 1 aliphatic carbocycles. The van der Waals surface area contributed by atoms with Crippen molar-refractivity contribution in [3.05, 3.63) is 101 Å². The number of hydrogen-bond donors (Lipinski definition) is 0. The van der Waals surface area contributed by atoms with Crippen molar-refractivity contribution in [1.29, 1.82) is 0 Å². The first-order chi connectivity index (χ1) is 17.0. The SMILES string of the molecule is Cc1ccc(C(=O)c2ccccc2N(C)C(=O)OC2C3CCC2CN(Cc2ccccc2)C3)cc1. The van der Waals surface area contributed by atoms with E-state index in [0.29, 0.717) is 28.7 Å². The van der Waals surface area contributed by atoms with Gasteiger partial charge in [0, 0.05) is 49.6 Å². The smallest absolute Gasteiger partial charge is 0.414 e. The number of para-hydroxylation sites is 1. The number of rotatable bonds is 6. The van der Waals surface area contributed by atoms with Crippen LogP contribution in [0, 0.1) is 18.8 Å². The highest BCUT2D eigenvalue weighted by Gasteiger charge is 2.44. The van der Waals surface area contributed by atoms with Gasteiger partial charge in [-0.05, 0) is 37.5 Å². The van der Waals surface area contributed by atoms with E-state index in [0.717, 1.165) is 38.0 Å². The van der Waals surface area contributed by atoms with Crippen LogP contribution in [0.15, 0.2) is 78.9 Å². The van der Waals surface area contributed by atoms with Crippen LogP contribution >= 0.6 is 0 Å². The Morgan fingerprint density at radius 1 is 0.886 bits per heavy atom. The van der Waals surface area contributed by atoms with Crippen molar-refractivity contribution in [2.45, 2.75) is 32.4 Å². The summed E-state index contributed by atoms with van der Waals surface area (Å²) in [6, 6.07) is 25.3. The number of amides is 1. The van der Waals surface area contributed by atoms with Crippen LogP contribution in [0.1, 0.15) is 39.9 Å². The minimum Gasteiger partial charge on any atom is -0.445 e. The summed E-state index contributed by atoms with van der Waals surface area (Å²) >= 11 is 0. The normalized spacial score (nSPS) is 21.5. The Kier molecular flexibility index (Phi) is 6.69. The van der Waals surface area contributed by atoms with Crippen LogP contribution in [0.25, 0.3) is 0 Å². The third-order valence-electron chi connectivity index (χ3n) is 7.41. The van der Waals surface area contributed by atoms with Crippen molar-refractivity contribution in [3.63, 3.8) is 0 Å². The van der Waals surface area contributed by atoms with E-state index in [-0.39, 0.29) is 11.9 Å². The van der Waals surface area contributed by atoms with Crippen LogP contribution in [0.5, 0.6) is 0 Å². The van der Waals surface area contributed by atoms with Crippen molar-refractivity contribution in [2.24, 2.45) is 11.8 Å². The second-order valence-electron chi connectivity index (χ2n) is 9.90. The van der Waals surface area contributed by atoms with Crippen LogP contribution in [0.3, 0.4) is 0 Å². The number of ether oxygens (including phenoxy) is 1. The Bertz CT molecular complexity index is 1180. The minimum atomic E-state index is -0.396. The Morgan fingerprint density at radius 2 is 1.51 bits per heavy atom. The molecule has 1 aliphatic heterocycles. The molecule has 2 bridgehead atoms. The zero-order valence-electron chi connectivity index (χ0n) is 20.4. The molecule has 180 valence electrons. The van der Waals surface area contributed by atoms with Gasteiger partial charge in [0.05, 0.1) is 5.69 Å². The van der Waals surface area contributed by atoms with Crippen molar-refractivity contribution in [2.75, 3.05) is 25.0 Å². The lowest BCUT2D eigenvalue weighted by Gasteiger charge is -2.38. The summed E-state index contributed by atoms with van der Waals surface area (Å²) < 4.78 is 6.10. The summed E-state index contributed by atoms with van der Waals surface area (Å²) in [5.41, 5.74) is 4.08. The Balaban J connectivity index is 1.27. The number of nitrogens with zero attached hydrogens (tertiary/aromatic N) is 2. The second-order valence-corrected chi connectivity index (χ2v) is 9.90. The summed E-state index contributed by atoms with van der Waals surface area (Å²) in [5, 5.41) is 0. The molecule has 1 saturated heterocycles. The Labute approximate surface area is 207 Å². The van der Waals surface area contributed by atoms with Crippen LogP contribution in [0.4, 0.5) is 10.5 Å². The van der Waals surface area contributed by atoms with Crippen LogP contribution in [-0.4, -0.2) is 43.0 Å². The zero-order valence-corrected chi connectivity index (χ0v) is 20.4. The summed E-state index contributed by atoms with van der Waals surface area (Å²) in [5.74, 6) is 0.591. The number of fused-ring (bicyclic) bond motifs is 2. The number of aryl methyl sites for hydroxylation is 1. The topological polar surface area (TPSA) is 49.9 Å². The number of piperidine rings is 1. The van der Waals surface area contributed by atoms with Crippen molar-refractivity contribution >= 4 is 17.6 Å². The van der Waals surface area contributed by atoms with Crippen molar-refractivity contribution < 1.29 is 14.3 Å². The second kappa shape index (κ2) is 10.0. The molecule has 5 rings (SSSR count). The fourth-order valence-corrected chi connectivity index (χ4v) is 5.55. The number of hydrogen-bond acceptors (Lipinski definition) is 4. The molecule has 35 heavy (non-hydrogen) atoms. The van der Waals surface area contributed by atoms with E-state index in [4.69, 9.17) is 4.74 Å². The molecule has 0 aromatic heterocycles. The highest BCUT2D eigenvalue weighted by Crippen LogP contribution is 2.40. The Hall–Kier alpha value is -3.44. The highest BCUT2D eigenvalue weighted by atomic mass is 16.6. The molecule has 0 N–H and O–H groups in total. The lowest BCUT2D eigenvalue weighted by Crippen LogP contribution is -2.47. The molecule has 1 heterocycles. The molecule has 1 amide bonds. The number of carbonyl (C=O) groups is 2. The first-order valence-corrected chi connectivity index (χ1v) is 12.4. The summed E-state index contributed by atoms with van der Waals surface area (Å²) in [6.45, 7) is 4.80. The molecule has 2 fully saturated rings. The van der Waals surface area contributed by atoms with Gasteiger partial charge in [-0.1, -0.05) is 72.3 Å². The lowest BCUT2D eigenvalue weighted by atomic mass is 9.94. The van der Waals surface area contributed by atoms with Gasteiger partial charge in [-0.2, -0.15) is 0 Å². The quantitative estimate of drug-likeness (QED) is 0.435. The van der Waals surface area contributed by atoms with E-state index in [9.17, 15) is 9.59 Å². The number of carbonyl (C=O) groups excluding carboxylic acids is 2. The average molecular weight is 469 g/mol. The third-order valence-corrected chi connectivity index (χ3v) is 7.41. The van der Waals surface area contributed by atoms with Gasteiger partial charge in [-0.3, -0.25) is 14.6 Å². The van der Waals surface area contributed by atoms with E-state index >= 15 is 0 Å². The van der Waals surface area contributed by atoms with Gasteiger partial charge in [0.25, 0.3) is 0 Å². The van der Waals surface area contributed by atoms with Crippen LogP contribution in [0.2, 0.25) is 0 Å². The fourth-order valence-electron chi connectivity index (χ4n) is 5.55. The van der Waals surface area contributed by atoms with E-state index < -0.39 is 6.09 Å². The zero-order chi connectivity index (χ0) is 24.4. The molecular formula is C30H32N2O3. The maximum atomic E-state index is 13.2. The predicted octanol–water partition coefficient (Wildman–Crippen LogP) is 5.71. The van der Waals surface area contributed by atoms with E-state index in [1.165, 1.54) is 10.5 Å². The minimum absolute atomic E-state index is 0.0723. The van der Waals surface area contributed by atoms with Crippen LogP contribution in [-0.2, 0) is 11.3 Å². The fraction of sp³-hybridized carbons (Fsp3) is 0.333. The summed E-state index contributed by atoms with van der Waals surface area (Å²) in [6.07, 6.45) is 1.70. The van der Waals surface area contributed by atoms with E-state index in [1.54, 1.807) is 19.2 Å². The van der Waals surface area contributed by atoms with Gasteiger partial charge >= 0.3 is 6.09 Å². The predicted molar refractivity (Wildman–Crippen MR) is 138 cm³/mol. The van der Waals surface area contributed by atoms with Gasteiger partial charge in [0.2, 0.25) is 0 Å².